The number of rotatable bonds is 7. The predicted molar refractivity (Wildman–Crippen MR) is 98.2 cm³/mol. The third kappa shape index (κ3) is 3.95. The van der Waals surface area contributed by atoms with Crippen LogP contribution in [-0.4, -0.2) is 34.3 Å². The molecule has 6 heteroatoms. The largest absolute Gasteiger partial charge is 0.396 e. The fourth-order valence-corrected chi connectivity index (χ4v) is 3.56. The van der Waals surface area contributed by atoms with E-state index in [4.69, 9.17) is 0 Å². The molecule has 2 amide bonds. The fourth-order valence-electron chi connectivity index (χ4n) is 3.56. The lowest BCUT2D eigenvalue weighted by atomic mass is 9.67. The summed E-state index contributed by atoms with van der Waals surface area (Å²) in [5, 5.41) is 15.3. The van der Waals surface area contributed by atoms with E-state index >= 15 is 0 Å². The second kappa shape index (κ2) is 7.44. The first-order valence-corrected chi connectivity index (χ1v) is 9.13. The van der Waals surface area contributed by atoms with E-state index < -0.39 is 0 Å². The highest BCUT2D eigenvalue weighted by atomic mass is 16.3. The molecule has 0 saturated heterocycles. The zero-order valence-electron chi connectivity index (χ0n) is 15.0. The number of nitrogens with one attached hydrogen (secondary N) is 3. The number of aromatic amines is 1. The standard InChI is InChI=1S/C19H28N4O2/c1-13(2)16(17-21-14-6-3-4-7-15(14)22-17)23-18(25)20-12-19(10-11-24)8-5-9-19/h3-4,6-7,13,16,24H,5,8-12H2,1-2H3,(H,21,22)(H2,20,23,25). The summed E-state index contributed by atoms with van der Waals surface area (Å²) in [6, 6.07) is 7.51. The number of fused-ring (bicyclic) bond motifs is 1. The number of aromatic nitrogens is 2. The van der Waals surface area contributed by atoms with Crippen LogP contribution in [0.1, 0.15) is 51.4 Å². The first-order valence-electron chi connectivity index (χ1n) is 9.13. The molecular formula is C19H28N4O2. The monoisotopic (exact) mass is 344 g/mol. The van der Waals surface area contributed by atoms with Gasteiger partial charge in [-0.05, 0) is 42.7 Å². The van der Waals surface area contributed by atoms with Crippen LogP contribution in [0.4, 0.5) is 4.79 Å². The molecule has 1 aromatic heterocycles. The number of imidazole rings is 1. The predicted octanol–water partition coefficient (Wildman–Crippen LogP) is 3.11. The van der Waals surface area contributed by atoms with Gasteiger partial charge in [0.2, 0.25) is 0 Å². The number of aliphatic hydroxyl groups excluding tert-OH is 1. The minimum atomic E-state index is -0.178. The fraction of sp³-hybridized carbons (Fsp3) is 0.579. The number of hydrogen-bond donors (Lipinski definition) is 4. The quantitative estimate of drug-likeness (QED) is 0.622. The Hall–Kier alpha value is -2.08. The molecule has 0 bridgehead atoms. The van der Waals surface area contributed by atoms with Crippen LogP contribution < -0.4 is 10.6 Å². The number of amides is 2. The zero-order valence-corrected chi connectivity index (χ0v) is 15.0. The summed E-state index contributed by atoms with van der Waals surface area (Å²) < 4.78 is 0. The highest BCUT2D eigenvalue weighted by Crippen LogP contribution is 2.43. The Labute approximate surface area is 148 Å². The van der Waals surface area contributed by atoms with Crippen molar-refractivity contribution >= 4 is 17.1 Å². The Balaban J connectivity index is 1.64. The summed E-state index contributed by atoms with van der Waals surface area (Å²) in [6.45, 7) is 4.93. The zero-order chi connectivity index (χ0) is 17.9. The lowest BCUT2D eigenvalue weighted by Crippen LogP contribution is -2.47. The molecule has 3 rings (SSSR count). The van der Waals surface area contributed by atoms with Crippen molar-refractivity contribution < 1.29 is 9.90 Å². The molecule has 1 unspecified atom stereocenters. The van der Waals surface area contributed by atoms with E-state index in [1.165, 1.54) is 6.42 Å². The number of nitrogens with zero attached hydrogens (tertiary/aromatic N) is 1. The summed E-state index contributed by atoms with van der Waals surface area (Å²) in [7, 11) is 0. The SMILES string of the molecule is CC(C)C(NC(=O)NCC1(CCO)CCC1)c1nc2ccccc2[nH]1. The molecule has 0 radical (unpaired) electrons. The van der Waals surface area contributed by atoms with Crippen LogP contribution in [0.5, 0.6) is 0 Å². The van der Waals surface area contributed by atoms with Crippen molar-refractivity contribution in [3.05, 3.63) is 30.1 Å². The minimum absolute atomic E-state index is 0.0821. The van der Waals surface area contributed by atoms with Crippen LogP contribution in [-0.2, 0) is 0 Å². The number of hydrogen-bond acceptors (Lipinski definition) is 3. The van der Waals surface area contributed by atoms with E-state index in [-0.39, 0.29) is 30.0 Å². The lowest BCUT2D eigenvalue weighted by molar-refractivity contribution is 0.0882. The molecular weight excluding hydrogens is 316 g/mol. The Morgan fingerprint density at radius 3 is 2.72 bits per heavy atom. The number of aliphatic hydroxyl groups is 1. The molecule has 1 aromatic carbocycles. The van der Waals surface area contributed by atoms with Crippen molar-refractivity contribution in [1.82, 2.24) is 20.6 Å². The number of H-pyrrole nitrogens is 1. The summed E-state index contributed by atoms with van der Waals surface area (Å²) in [4.78, 5) is 20.3. The highest BCUT2D eigenvalue weighted by molar-refractivity contribution is 5.76. The van der Waals surface area contributed by atoms with Gasteiger partial charge in [0.05, 0.1) is 17.1 Å². The number of para-hydroxylation sites is 2. The molecule has 1 fully saturated rings. The maximum Gasteiger partial charge on any atom is 0.315 e. The van der Waals surface area contributed by atoms with Gasteiger partial charge in [0.15, 0.2) is 0 Å². The van der Waals surface area contributed by atoms with Crippen LogP contribution in [0.15, 0.2) is 24.3 Å². The molecule has 1 aliphatic rings. The van der Waals surface area contributed by atoms with E-state index in [1.807, 2.05) is 24.3 Å². The number of benzene rings is 1. The van der Waals surface area contributed by atoms with Gasteiger partial charge in [-0.2, -0.15) is 0 Å². The third-order valence-corrected chi connectivity index (χ3v) is 5.34. The van der Waals surface area contributed by atoms with Crippen LogP contribution >= 0.6 is 0 Å². The van der Waals surface area contributed by atoms with E-state index in [9.17, 15) is 9.90 Å². The number of carbonyl (C=O) groups is 1. The third-order valence-electron chi connectivity index (χ3n) is 5.34. The summed E-state index contributed by atoms with van der Waals surface area (Å²) >= 11 is 0. The summed E-state index contributed by atoms with van der Waals surface area (Å²) in [5.41, 5.74) is 1.96. The van der Waals surface area contributed by atoms with Crippen molar-refractivity contribution in [2.45, 2.75) is 45.6 Å². The molecule has 6 nitrogen and oxygen atoms in total. The van der Waals surface area contributed by atoms with Gasteiger partial charge < -0.3 is 20.7 Å². The molecule has 4 N–H and O–H groups in total. The lowest BCUT2D eigenvalue weighted by Gasteiger charge is -2.41. The minimum Gasteiger partial charge on any atom is -0.396 e. The summed E-state index contributed by atoms with van der Waals surface area (Å²) in [6.07, 6.45) is 4.08. The molecule has 1 atom stereocenters. The van der Waals surface area contributed by atoms with Crippen molar-refractivity contribution in [2.24, 2.45) is 11.3 Å². The van der Waals surface area contributed by atoms with Gasteiger partial charge in [-0.3, -0.25) is 0 Å². The topological polar surface area (TPSA) is 90.0 Å². The molecule has 2 aromatic rings. The van der Waals surface area contributed by atoms with Gasteiger partial charge >= 0.3 is 6.03 Å². The second-order valence-electron chi connectivity index (χ2n) is 7.52. The van der Waals surface area contributed by atoms with Gasteiger partial charge in [-0.25, -0.2) is 9.78 Å². The van der Waals surface area contributed by atoms with Crippen LogP contribution in [0.25, 0.3) is 11.0 Å². The average Bonchev–Trinajstić information content (AvgIpc) is 2.98. The number of carbonyl (C=O) groups excluding carboxylic acids is 1. The van der Waals surface area contributed by atoms with Gasteiger partial charge in [0.25, 0.3) is 0 Å². The molecule has 0 aliphatic heterocycles. The first-order chi connectivity index (χ1) is 12.0. The highest BCUT2D eigenvalue weighted by Gasteiger charge is 2.36. The smallest absolute Gasteiger partial charge is 0.315 e. The van der Waals surface area contributed by atoms with Gasteiger partial charge in [-0.1, -0.05) is 32.4 Å². The summed E-state index contributed by atoms with van der Waals surface area (Å²) in [5.74, 6) is 0.987. The Kier molecular flexibility index (Phi) is 5.27. The van der Waals surface area contributed by atoms with Gasteiger partial charge in [-0.15, -0.1) is 0 Å². The van der Waals surface area contributed by atoms with Crippen molar-refractivity contribution in [3.8, 4) is 0 Å². The Morgan fingerprint density at radius 1 is 1.36 bits per heavy atom. The molecule has 0 spiro atoms. The van der Waals surface area contributed by atoms with Crippen LogP contribution in [0, 0.1) is 11.3 Å². The normalized spacial score (nSPS) is 17.3. The van der Waals surface area contributed by atoms with Crippen molar-refractivity contribution in [3.63, 3.8) is 0 Å². The van der Waals surface area contributed by atoms with Gasteiger partial charge in [0, 0.05) is 13.2 Å². The first kappa shape index (κ1) is 17.7. The van der Waals surface area contributed by atoms with E-state index in [0.29, 0.717) is 6.54 Å². The molecule has 136 valence electrons. The molecule has 1 aliphatic carbocycles. The molecule has 1 saturated carbocycles. The molecule has 1 heterocycles. The van der Waals surface area contributed by atoms with Crippen molar-refractivity contribution in [1.29, 1.82) is 0 Å². The maximum atomic E-state index is 12.4. The maximum absolute atomic E-state index is 12.4. The van der Waals surface area contributed by atoms with Crippen LogP contribution in [0.2, 0.25) is 0 Å². The van der Waals surface area contributed by atoms with Crippen molar-refractivity contribution in [2.75, 3.05) is 13.2 Å². The van der Waals surface area contributed by atoms with Crippen LogP contribution in [0.3, 0.4) is 0 Å². The van der Waals surface area contributed by atoms with E-state index in [2.05, 4.69) is 34.4 Å². The van der Waals surface area contributed by atoms with E-state index in [0.717, 1.165) is 36.1 Å². The second-order valence-corrected chi connectivity index (χ2v) is 7.52. The average molecular weight is 344 g/mol. The molecule has 25 heavy (non-hydrogen) atoms. The van der Waals surface area contributed by atoms with E-state index in [1.54, 1.807) is 0 Å². The van der Waals surface area contributed by atoms with Gasteiger partial charge in [0.1, 0.15) is 5.82 Å². The Morgan fingerprint density at radius 2 is 2.12 bits per heavy atom. The number of urea groups is 1. The Bertz CT molecular complexity index is 688.